The summed E-state index contributed by atoms with van der Waals surface area (Å²) in [7, 11) is 0. The van der Waals surface area contributed by atoms with Crippen LogP contribution < -0.4 is 5.32 Å². The molecule has 3 aromatic heterocycles. The highest BCUT2D eigenvalue weighted by Gasteiger charge is 2.12. The maximum absolute atomic E-state index is 12.1. The molecule has 9 heteroatoms. The number of halogens is 1. The molecule has 0 aliphatic heterocycles. The van der Waals surface area contributed by atoms with Gasteiger partial charge in [-0.05, 0) is 47.8 Å². The number of amides is 1. The molecular weight excluding hydrogens is 390 g/mol. The first-order valence-corrected chi connectivity index (χ1v) is 9.88. The first kappa shape index (κ1) is 17.0. The zero-order valence-electron chi connectivity index (χ0n) is 13.3. The lowest BCUT2D eigenvalue weighted by Crippen LogP contribution is -2.14. The Morgan fingerprint density at radius 2 is 2.00 bits per heavy atom. The zero-order chi connectivity index (χ0) is 17.9. The van der Waals surface area contributed by atoms with Crippen LogP contribution in [-0.2, 0) is 4.79 Å². The first-order valence-electron chi connectivity index (χ1n) is 7.63. The third kappa shape index (κ3) is 3.72. The molecule has 4 aromatic rings. The maximum atomic E-state index is 12.1. The zero-order valence-corrected chi connectivity index (χ0v) is 15.7. The van der Waals surface area contributed by atoms with E-state index in [4.69, 9.17) is 11.6 Å². The second-order valence-corrected chi connectivity index (χ2v) is 7.67. The van der Waals surface area contributed by atoms with Gasteiger partial charge in [0.15, 0.2) is 11.5 Å². The molecule has 1 aromatic carbocycles. The molecular formula is C17H12ClN5OS2. The van der Waals surface area contributed by atoms with Crippen LogP contribution in [-0.4, -0.2) is 31.5 Å². The highest BCUT2D eigenvalue weighted by molar-refractivity contribution is 7.99. The van der Waals surface area contributed by atoms with Crippen LogP contribution in [0.1, 0.15) is 0 Å². The molecule has 6 nitrogen and oxygen atoms in total. The van der Waals surface area contributed by atoms with Crippen molar-refractivity contribution < 1.29 is 4.79 Å². The molecule has 0 spiro atoms. The Labute approximate surface area is 162 Å². The number of aromatic nitrogens is 4. The Hall–Kier alpha value is -2.42. The Balaban J connectivity index is 1.46. The monoisotopic (exact) mass is 401 g/mol. The Bertz CT molecular complexity index is 1050. The minimum Gasteiger partial charge on any atom is -0.325 e. The van der Waals surface area contributed by atoms with E-state index >= 15 is 0 Å². The van der Waals surface area contributed by atoms with Crippen LogP contribution in [0.5, 0.6) is 0 Å². The Kier molecular flexibility index (Phi) is 4.87. The summed E-state index contributed by atoms with van der Waals surface area (Å²) in [4.78, 5) is 13.1. The number of carbonyl (C=O) groups is 1. The van der Waals surface area contributed by atoms with Crippen molar-refractivity contribution in [3.05, 3.63) is 58.9 Å². The SMILES string of the molecule is O=C(CSc1ccc2nnc(-c3cccs3)n2n1)Nc1ccc(Cl)cc1. The van der Waals surface area contributed by atoms with Gasteiger partial charge in [0, 0.05) is 10.7 Å². The van der Waals surface area contributed by atoms with E-state index in [1.165, 1.54) is 11.8 Å². The van der Waals surface area contributed by atoms with Gasteiger partial charge in [0.2, 0.25) is 5.91 Å². The van der Waals surface area contributed by atoms with Gasteiger partial charge in [-0.1, -0.05) is 29.4 Å². The summed E-state index contributed by atoms with van der Waals surface area (Å²) < 4.78 is 1.70. The van der Waals surface area contributed by atoms with Gasteiger partial charge < -0.3 is 5.32 Å². The van der Waals surface area contributed by atoms with Crippen LogP contribution in [0.25, 0.3) is 16.3 Å². The van der Waals surface area contributed by atoms with E-state index in [9.17, 15) is 4.79 Å². The second kappa shape index (κ2) is 7.45. The summed E-state index contributed by atoms with van der Waals surface area (Å²) in [6.45, 7) is 0. The van der Waals surface area contributed by atoms with E-state index in [-0.39, 0.29) is 11.7 Å². The summed E-state index contributed by atoms with van der Waals surface area (Å²) in [6, 6.07) is 14.6. The minimum atomic E-state index is -0.110. The fourth-order valence-electron chi connectivity index (χ4n) is 2.28. The van der Waals surface area contributed by atoms with Gasteiger partial charge >= 0.3 is 0 Å². The highest BCUT2D eigenvalue weighted by atomic mass is 35.5. The van der Waals surface area contributed by atoms with Gasteiger partial charge in [-0.25, -0.2) is 0 Å². The number of thiophene rings is 1. The van der Waals surface area contributed by atoms with Gasteiger partial charge in [-0.2, -0.15) is 9.61 Å². The van der Waals surface area contributed by atoms with Crippen molar-refractivity contribution in [2.75, 3.05) is 11.1 Å². The summed E-state index contributed by atoms with van der Waals surface area (Å²) >= 11 is 8.77. The molecule has 0 unspecified atom stereocenters. The molecule has 0 saturated heterocycles. The molecule has 0 atom stereocenters. The van der Waals surface area contributed by atoms with Crippen molar-refractivity contribution in [2.45, 2.75) is 5.03 Å². The van der Waals surface area contributed by atoms with Crippen molar-refractivity contribution >= 4 is 51.9 Å². The fraction of sp³-hybridized carbons (Fsp3) is 0.0588. The summed E-state index contributed by atoms with van der Waals surface area (Å²) in [6.07, 6.45) is 0. The number of carbonyl (C=O) groups excluding carboxylic acids is 1. The van der Waals surface area contributed by atoms with Crippen molar-refractivity contribution in [2.24, 2.45) is 0 Å². The van der Waals surface area contributed by atoms with E-state index in [2.05, 4.69) is 20.6 Å². The quantitative estimate of drug-likeness (QED) is 0.506. The predicted octanol–water partition coefficient (Wildman–Crippen LogP) is 4.24. The molecule has 0 radical (unpaired) electrons. The van der Waals surface area contributed by atoms with Crippen LogP contribution in [0.15, 0.2) is 58.9 Å². The fourth-order valence-corrected chi connectivity index (χ4v) is 3.75. The smallest absolute Gasteiger partial charge is 0.234 e. The number of hydrogen-bond acceptors (Lipinski definition) is 6. The van der Waals surface area contributed by atoms with Crippen molar-refractivity contribution in [3.63, 3.8) is 0 Å². The number of fused-ring (bicyclic) bond motifs is 1. The molecule has 0 aliphatic carbocycles. The number of rotatable bonds is 5. The number of benzene rings is 1. The van der Waals surface area contributed by atoms with Crippen molar-refractivity contribution in [3.8, 4) is 10.7 Å². The van der Waals surface area contributed by atoms with E-state index in [1.54, 1.807) is 40.1 Å². The van der Waals surface area contributed by atoms with Crippen molar-refractivity contribution in [1.29, 1.82) is 0 Å². The van der Waals surface area contributed by atoms with Gasteiger partial charge in [-0.15, -0.1) is 21.5 Å². The van der Waals surface area contributed by atoms with Gasteiger partial charge in [0.25, 0.3) is 0 Å². The van der Waals surface area contributed by atoms with Crippen LogP contribution in [0.3, 0.4) is 0 Å². The number of thioether (sulfide) groups is 1. The number of nitrogens with one attached hydrogen (secondary N) is 1. The second-order valence-electron chi connectivity index (χ2n) is 5.29. The summed E-state index contributed by atoms with van der Waals surface area (Å²) in [5.41, 5.74) is 1.38. The summed E-state index contributed by atoms with van der Waals surface area (Å²) in [5.74, 6) is 0.835. The molecule has 1 amide bonds. The van der Waals surface area contributed by atoms with Crippen molar-refractivity contribution in [1.82, 2.24) is 19.8 Å². The molecule has 0 saturated carbocycles. The lowest BCUT2D eigenvalue weighted by atomic mass is 10.3. The van der Waals surface area contributed by atoms with E-state index in [0.29, 0.717) is 22.2 Å². The average Bonchev–Trinajstić information content (AvgIpc) is 3.30. The highest BCUT2D eigenvalue weighted by Crippen LogP contribution is 2.24. The standard InChI is InChI=1S/C17H12ClN5OS2/c18-11-3-5-12(6-4-11)19-15(24)10-26-16-8-7-14-20-21-17(23(14)22-16)13-2-1-9-25-13/h1-9H,10H2,(H,19,24). The number of anilines is 1. The molecule has 0 aliphatic rings. The van der Waals surface area contributed by atoms with Gasteiger partial charge in [-0.3, -0.25) is 4.79 Å². The molecule has 26 heavy (non-hydrogen) atoms. The lowest BCUT2D eigenvalue weighted by molar-refractivity contribution is -0.113. The molecule has 130 valence electrons. The maximum Gasteiger partial charge on any atom is 0.234 e. The molecule has 3 heterocycles. The molecule has 0 fully saturated rings. The number of nitrogens with zero attached hydrogens (tertiary/aromatic N) is 4. The van der Waals surface area contributed by atoms with E-state index < -0.39 is 0 Å². The Morgan fingerprint density at radius 1 is 1.15 bits per heavy atom. The minimum absolute atomic E-state index is 0.110. The lowest BCUT2D eigenvalue weighted by Gasteiger charge is -2.05. The van der Waals surface area contributed by atoms with Crippen LogP contribution >= 0.6 is 34.7 Å². The molecule has 4 rings (SSSR count). The molecule has 0 bridgehead atoms. The Morgan fingerprint density at radius 3 is 2.77 bits per heavy atom. The topological polar surface area (TPSA) is 72.2 Å². The third-order valence-electron chi connectivity index (χ3n) is 3.46. The third-order valence-corrected chi connectivity index (χ3v) is 5.50. The van der Waals surface area contributed by atoms with Crippen LogP contribution in [0.2, 0.25) is 5.02 Å². The molecule has 1 N–H and O–H groups in total. The number of hydrogen-bond donors (Lipinski definition) is 1. The van der Waals surface area contributed by atoms with E-state index in [1.807, 2.05) is 29.6 Å². The normalized spacial score (nSPS) is 11.0. The largest absolute Gasteiger partial charge is 0.325 e. The van der Waals surface area contributed by atoms with E-state index in [0.717, 1.165) is 9.90 Å². The van der Waals surface area contributed by atoms with Crippen LogP contribution in [0, 0.1) is 0 Å². The summed E-state index contributed by atoms with van der Waals surface area (Å²) in [5, 5.41) is 19.0. The predicted molar refractivity (Wildman–Crippen MR) is 105 cm³/mol. The van der Waals surface area contributed by atoms with Gasteiger partial charge in [0.05, 0.1) is 10.6 Å². The first-order chi connectivity index (χ1) is 12.7. The van der Waals surface area contributed by atoms with Gasteiger partial charge in [0.1, 0.15) is 5.03 Å². The average molecular weight is 402 g/mol. The van der Waals surface area contributed by atoms with Crippen LogP contribution in [0.4, 0.5) is 5.69 Å².